The van der Waals surface area contributed by atoms with Gasteiger partial charge in [-0.3, -0.25) is 9.59 Å². The van der Waals surface area contributed by atoms with Crippen molar-refractivity contribution in [2.45, 2.75) is 26.7 Å². The highest BCUT2D eigenvalue weighted by atomic mass is 16.6. The number of hydrogen-bond acceptors (Lipinski definition) is 4. The Labute approximate surface area is 160 Å². The van der Waals surface area contributed by atoms with Gasteiger partial charge >= 0.3 is 7.69 Å². The maximum atomic E-state index is 12.0. The molecule has 2 N–H and O–H groups in total. The van der Waals surface area contributed by atoms with Crippen molar-refractivity contribution in [2.75, 3.05) is 13.1 Å². The van der Waals surface area contributed by atoms with Crippen molar-refractivity contribution >= 4 is 19.5 Å². The van der Waals surface area contributed by atoms with Crippen molar-refractivity contribution in [3.05, 3.63) is 59.7 Å². The summed E-state index contributed by atoms with van der Waals surface area (Å²) in [6.45, 7) is 5.27. The first-order chi connectivity index (χ1) is 13.1. The van der Waals surface area contributed by atoms with E-state index in [2.05, 4.69) is 10.6 Å². The lowest BCUT2D eigenvalue weighted by Gasteiger charge is -2.10. The van der Waals surface area contributed by atoms with Gasteiger partial charge in [-0.15, -0.1) is 0 Å². The number of amides is 2. The van der Waals surface area contributed by atoms with Gasteiger partial charge in [0, 0.05) is 24.2 Å². The molecule has 6 nitrogen and oxygen atoms in total. The van der Waals surface area contributed by atoms with Gasteiger partial charge in [-0.2, -0.15) is 0 Å². The Hall–Kier alpha value is -2.96. The highest BCUT2D eigenvalue weighted by Crippen LogP contribution is 2.15. The number of benzene rings is 2. The van der Waals surface area contributed by atoms with Crippen LogP contribution in [0.2, 0.25) is 0 Å². The van der Waals surface area contributed by atoms with Crippen LogP contribution in [0.1, 0.15) is 47.4 Å². The summed E-state index contributed by atoms with van der Waals surface area (Å²) in [6.07, 6.45) is 1.76. The first-order valence-electron chi connectivity index (χ1n) is 9.16. The number of hydrogen-bond donors (Lipinski definition) is 2. The molecule has 0 aromatic heterocycles. The lowest BCUT2D eigenvalue weighted by Crippen LogP contribution is -2.24. The predicted octanol–water partition coefficient (Wildman–Crippen LogP) is 2.69. The van der Waals surface area contributed by atoms with E-state index in [0.29, 0.717) is 35.7 Å². The minimum absolute atomic E-state index is 0.0277. The maximum Gasteiger partial charge on any atom is 0.576 e. The molecule has 2 aromatic carbocycles. The zero-order valence-electron chi connectivity index (χ0n) is 15.8. The van der Waals surface area contributed by atoms with Crippen LogP contribution in [0.25, 0.3) is 0 Å². The van der Waals surface area contributed by atoms with Crippen molar-refractivity contribution in [3.63, 3.8) is 0 Å². The third-order valence-electron chi connectivity index (χ3n) is 3.71. The molecule has 0 aliphatic heterocycles. The zero-order valence-corrected chi connectivity index (χ0v) is 15.8. The molecule has 0 aliphatic carbocycles. The van der Waals surface area contributed by atoms with E-state index in [1.54, 1.807) is 48.5 Å². The second-order valence-corrected chi connectivity index (χ2v) is 5.97. The second-order valence-electron chi connectivity index (χ2n) is 5.97. The van der Waals surface area contributed by atoms with E-state index in [4.69, 9.17) is 9.31 Å². The molecule has 0 aliphatic rings. The summed E-state index contributed by atoms with van der Waals surface area (Å²) < 4.78 is 11.1. The molecule has 0 saturated carbocycles. The minimum Gasteiger partial charge on any atom is -0.529 e. The second kappa shape index (κ2) is 10.9. The van der Waals surface area contributed by atoms with Crippen molar-refractivity contribution in [1.82, 2.24) is 10.6 Å². The molecular weight excluding hydrogens is 343 g/mol. The minimum atomic E-state index is -0.131. The molecule has 0 bridgehead atoms. The summed E-state index contributed by atoms with van der Waals surface area (Å²) in [5.74, 6) is 0.815. The van der Waals surface area contributed by atoms with E-state index in [1.807, 2.05) is 13.8 Å². The Morgan fingerprint density at radius 2 is 1.26 bits per heavy atom. The summed E-state index contributed by atoms with van der Waals surface area (Å²) in [4.78, 5) is 24.0. The van der Waals surface area contributed by atoms with E-state index in [0.717, 1.165) is 12.8 Å². The third kappa shape index (κ3) is 6.69. The van der Waals surface area contributed by atoms with Gasteiger partial charge < -0.3 is 19.9 Å². The lowest BCUT2D eigenvalue weighted by atomic mass is 10.2. The molecule has 0 spiro atoms. The molecule has 0 atom stereocenters. The van der Waals surface area contributed by atoms with Crippen molar-refractivity contribution < 1.29 is 18.9 Å². The Morgan fingerprint density at radius 3 is 1.67 bits per heavy atom. The molecule has 2 aromatic rings. The summed E-state index contributed by atoms with van der Waals surface area (Å²) in [5.41, 5.74) is 1.08. The number of carbonyl (C=O) groups is 2. The number of nitrogens with one attached hydrogen (secondary N) is 2. The standard InChI is InChI=1S/C20H25BN2O4/c1-3-11-22-19(24)15-7-5-9-17(13-15)26-21-27-18-10-6-8-16(14-18)20(25)23-12-4-2/h5-10,13-14,21H,3-4,11-12H2,1-2H3,(H,22,24)(H,23,25). The Kier molecular flexibility index (Phi) is 8.22. The Balaban J connectivity index is 1.89. The summed E-state index contributed by atoms with van der Waals surface area (Å²) >= 11 is 0. The topological polar surface area (TPSA) is 76.7 Å². The molecule has 7 heteroatoms. The molecule has 142 valence electrons. The van der Waals surface area contributed by atoms with Gasteiger partial charge in [0.2, 0.25) is 0 Å². The van der Waals surface area contributed by atoms with Gasteiger partial charge in [0.1, 0.15) is 11.5 Å². The summed E-state index contributed by atoms with van der Waals surface area (Å²) in [6, 6.07) is 13.8. The van der Waals surface area contributed by atoms with Crippen LogP contribution in [-0.4, -0.2) is 32.6 Å². The van der Waals surface area contributed by atoms with E-state index in [9.17, 15) is 9.59 Å². The van der Waals surface area contributed by atoms with Gasteiger partial charge in [0.15, 0.2) is 0 Å². The number of rotatable bonds is 10. The monoisotopic (exact) mass is 368 g/mol. The zero-order chi connectivity index (χ0) is 19.5. The van der Waals surface area contributed by atoms with E-state index >= 15 is 0 Å². The smallest absolute Gasteiger partial charge is 0.529 e. The molecule has 0 unspecified atom stereocenters. The van der Waals surface area contributed by atoms with Crippen LogP contribution in [0.5, 0.6) is 11.5 Å². The van der Waals surface area contributed by atoms with Crippen LogP contribution >= 0.6 is 0 Å². The van der Waals surface area contributed by atoms with Gasteiger partial charge in [-0.25, -0.2) is 0 Å². The molecule has 0 fully saturated rings. The molecule has 27 heavy (non-hydrogen) atoms. The lowest BCUT2D eigenvalue weighted by molar-refractivity contribution is 0.0945. The largest absolute Gasteiger partial charge is 0.576 e. The average Bonchev–Trinajstić information content (AvgIpc) is 2.70. The average molecular weight is 368 g/mol. The maximum absolute atomic E-state index is 12.0. The molecule has 0 heterocycles. The fourth-order valence-corrected chi connectivity index (χ4v) is 2.30. The quantitative estimate of drug-likeness (QED) is 0.633. The third-order valence-corrected chi connectivity index (χ3v) is 3.71. The van der Waals surface area contributed by atoms with Crippen LogP contribution in [-0.2, 0) is 0 Å². The Morgan fingerprint density at radius 1 is 0.815 bits per heavy atom. The van der Waals surface area contributed by atoms with Crippen LogP contribution in [0.15, 0.2) is 48.5 Å². The van der Waals surface area contributed by atoms with Gasteiger partial charge in [0.05, 0.1) is 0 Å². The van der Waals surface area contributed by atoms with Crippen molar-refractivity contribution in [2.24, 2.45) is 0 Å². The van der Waals surface area contributed by atoms with Crippen LogP contribution < -0.4 is 19.9 Å². The SMILES string of the molecule is CCCNC(=O)c1cccc(OBOc2cccc(C(=O)NCCC)c2)c1. The fraction of sp³-hybridized carbons (Fsp3) is 0.300. The highest BCUT2D eigenvalue weighted by molar-refractivity contribution is 6.20. The molecular formula is C20H25BN2O4. The number of carbonyl (C=O) groups excluding carboxylic acids is 2. The highest BCUT2D eigenvalue weighted by Gasteiger charge is 2.08. The van der Waals surface area contributed by atoms with Gasteiger partial charge in [0.25, 0.3) is 11.8 Å². The normalized spacial score (nSPS) is 10.0. The fourth-order valence-electron chi connectivity index (χ4n) is 2.30. The van der Waals surface area contributed by atoms with Crippen molar-refractivity contribution in [3.8, 4) is 11.5 Å². The van der Waals surface area contributed by atoms with Crippen LogP contribution in [0, 0.1) is 0 Å². The molecule has 2 rings (SSSR count). The molecule has 2 amide bonds. The van der Waals surface area contributed by atoms with Crippen molar-refractivity contribution in [1.29, 1.82) is 0 Å². The first kappa shape index (κ1) is 20.4. The molecule has 0 radical (unpaired) electrons. The summed E-state index contributed by atoms with van der Waals surface area (Å²) in [5, 5.41) is 5.65. The van der Waals surface area contributed by atoms with Crippen LogP contribution in [0.4, 0.5) is 0 Å². The van der Waals surface area contributed by atoms with Crippen LogP contribution in [0.3, 0.4) is 0 Å². The van der Waals surface area contributed by atoms with E-state index in [-0.39, 0.29) is 19.5 Å². The summed E-state index contributed by atoms with van der Waals surface area (Å²) in [7, 11) is -0.0277. The molecule has 0 saturated heterocycles. The van der Waals surface area contributed by atoms with Gasteiger partial charge in [-0.05, 0) is 49.2 Å². The van der Waals surface area contributed by atoms with E-state index in [1.165, 1.54) is 0 Å². The van der Waals surface area contributed by atoms with E-state index < -0.39 is 0 Å². The predicted molar refractivity (Wildman–Crippen MR) is 107 cm³/mol. The van der Waals surface area contributed by atoms with Gasteiger partial charge in [-0.1, -0.05) is 26.0 Å². The Bertz CT molecular complexity index is 704. The first-order valence-corrected chi connectivity index (χ1v) is 9.16.